The maximum atomic E-state index is 13.6. The summed E-state index contributed by atoms with van der Waals surface area (Å²) in [6.07, 6.45) is -4.32. The molecule has 110 valence electrons. The molecule has 0 N–H and O–H groups in total. The molecule has 2 aromatic rings. The fourth-order valence-corrected chi connectivity index (χ4v) is 1.85. The highest BCUT2D eigenvalue weighted by Gasteiger charge is 2.33. The van der Waals surface area contributed by atoms with E-state index in [1.54, 1.807) is 0 Å². The molecule has 0 bridgehead atoms. The van der Waals surface area contributed by atoms with Crippen LogP contribution in [0.25, 0.3) is 0 Å². The molecule has 0 amide bonds. The van der Waals surface area contributed by atoms with Gasteiger partial charge in [0.2, 0.25) is 0 Å². The third-order valence-electron chi connectivity index (χ3n) is 2.59. The van der Waals surface area contributed by atoms with Gasteiger partial charge in [0.15, 0.2) is 17.9 Å². The number of aldehydes is 1. The third-order valence-corrected chi connectivity index (χ3v) is 2.92. The lowest BCUT2D eigenvalue weighted by atomic mass is 10.2. The molecule has 0 heterocycles. The predicted molar refractivity (Wildman–Crippen MR) is 68.3 cm³/mol. The van der Waals surface area contributed by atoms with Crippen LogP contribution in [0.4, 0.5) is 17.6 Å². The summed E-state index contributed by atoms with van der Waals surface area (Å²) in [5, 5.41) is -0.501. The molecule has 0 atom stereocenters. The summed E-state index contributed by atoms with van der Waals surface area (Å²) in [6, 6.07) is 6.38. The Morgan fingerprint density at radius 3 is 2.48 bits per heavy atom. The molecular formula is C14H7ClF4O2. The van der Waals surface area contributed by atoms with Crippen molar-refractivity contribution in [1.82, 2.24) is 0 Å². The van der Waals surface area contributed by atoms with Gasteiger partial charge in [-0.1, -0.05) is 17.7 Å². The first-order valence-electron chi connectivity index (χ1n) is 5.61. The van der Waals surface area contributed by atoms with Gasteiger partial charge in [-0.15, -0.1) is 0 Å². The highest BCUT2D eigenvalue weighted by atomic mass is 35.5. The lowest BCUT2D eigenvalue weighted by Crippen LogP contribution is -2.06. The largest absolute Gasteiger partial charge is 0.454 e. The van der Waals surface area contributed by atoms with E-state index in [4.69, 9.17) is 16.3 Å². The van der Waals surface area contributed by atoms with Crippen molar-refractivity contribution >= 4 is 17.9 Å². The molecule has 0 spiro atoms. The van der Waals surface area contributed by atoms with Crippen LogP contribution in [0.3, 0.4) is 0 Å². The average Bonchev–Trinajstić information content (AvgIpc) is 2.41. The molecule has 0 aliphatic carbocycles. The number of rotatable bonds is 3. The zero-order valence-corrected chi connectivity index (χ0v) is 11.0. The van der Waals surface area contributed by atoms with E-state index in [0.717, 1.165) is 18.2 Å². The molecule has 7 heteroatoms. The minimum Gasteiger partial charge on any atom is -0.454 e. The van der Waals surface area contributed by atoms with Crippen molar-refractivity contribution in [2.45, 2.75) is 6.18 Å². The quantitative estimate of drug-likeness (QED) is 0.581. The number of ether oxygens (including phenoxy) is 1. The fourth-order valence-electron chi connectivity index (χ4n) is 1.63. The molecular weight excluding hydrogens is 312 g/mol. The van der Waals surface area contributed by atoms with E-state index in [-0.39, 0.29) is 11.3 Å². The van der Waals surface area contributed by atoms with Crippen molar-refractivity contribution < 1.29 is 27.1 Å². The molecule has 0 radical (unpaired) electrons. The van der Waals surface area contributed by atoms with E-state index >= 15 is 0 Å². The van der Waals surface area contributed by atoms with Gasteiger partial charge < -0.3 is 4.74 Å². The lowest BCUT2D eigenvalue weighted by Gasteiger charge is -2.13. The molecule has 2 aromatic carbocycles. The maximum Gasteiger partial charge on any atom is 0.417 e. The van der Waals surface area contributed by atoms with Crippen LogP contribution < -0.4 is 4.74 Å². The molecule has 0 saturated heterocycles. The number of carbonyl (C=O) groups excluding carboxylic acids is 1. The Balaban J connectivity index is 2.44. The second kappa shape index (κ2) is 5.73. The third kappa shape index (κ3) is 3.33. The Kier molecular flexibility index (Phi) is 4.18. The molecule has 2 nitrogen and oxygen atoms in total. The van der Waals surface area contributed by atoms with Crippen LogP contribution in [0.5, 0.6) is 11.5 Å². The van der Waals surface area contributed by atoms with Crippen molar-refractivity contribution in [2.24, 2.45) is 0 Å². The van der Waals surface area contributed by atoms with Gasteiger partial charge in [0.05, 0.1) is 16.1 Å². The van der Waals surface area contributed by atoms with E-state index in [1.165, 1.54) is 12.1 Å². The average molecular weight is 319 g/mol. The Bertz CT molecular complexity index is 683. The highest BCUT2D eigenvalue weighted by molar-refractivity contribution is 6.31. The minimum absolute atomic E-state index is 0.112. The number of halogens is 5. The summed E-state index contributed by atoms with van der Waals surface area (Å²) in [5.41, 5.74) is -1.22. The number of benzene rings is 2. The monoisotopic (exact) mass is 318 g/mol. The van der Waals surface area contributed by atoms with Gasteiger partial charge in [0, 0.05) is 0 Å². The Morgan fingerprint density at radius 2 is 1.86 bits per heavy atom. The zero-order chi connectivity index (χ0) is 15.6. The fraction of sp³-hybridized carbons (Fsp3) is 0.0714. The van der Waals surface area contributed by atoms with Crippen LogP contribution in [0.15, 0.2) is 36.4 Å². The summed E-state index contributed by atoms with van der Waals surface area (Å²) in [7, 11) is 0. The summed E-state index contributed by atoms with van der Waals surface area (Å²) in [5.74, 6) is -1.58. The lowest BCUT2D eigenvalue weighted by molar-refractivity contribution is -0.137. The van der Waals surface area contributed by atoms with E-state index in [0.29, 0.717) is 12.4 Å². The normalized spacial score (nSPS) is 11.3. The van der Waals surface area contributed by atoms with Crippen molar-refractivity contribution in [3.63, 3.8) is 0 Å². The molecule has 2 rings (SSSR count). The Labute approximate surface area is 121 Å². The van der Waals surface area contributed by atoms with Crippen LogP contribution in [-0.2, 0) is 6.18 Å². The second-order valence-corrected chi connectivity index (χ2v) is 4.42. The maximum absolute atomic E-state index is 13.6. The smallest absolute Gasteiger partial charge is 0.417 e. The van der Waals surface area contributed by atoms with Gasteiger partial charge >= 0.3 is 6.18 Å². The van der Waals surface area contributed by atoms with Gasteiger partial charge in [-0.2, -0.15) is 13.2 Å². The number of hydrogen-bond donors (Lipinski definition) is 0. The Morgan fingerprint density at radius 1 is 1.14 bits per heavy atom. The van der Waals surface area contributed by atoms with Crippen LogP contribution >= 0.6 is 11.6 Å². The van der Waals surface area contributed by atoms with E-state index in [2.05, 4.69) is 0 Å². The first-order valence-corrected chi connectivity index (χ1v) is 5.99. The zero-order valence-electron chi connectivity index (χ0n) is 10.2. The topological polar surface area (TPSA) is 26.3 Å². The summed E-state index contributed by atoms with van der Waals surface area (Å²) in [6.45, 7) is 0. The van der Waals surface area contributed by atoms with Gasteiger partial charge in [-0.05, 0) is 30.3 Å². The molecule has 0 unspecified atom stereocenters. The molecule has 0 aromatic heterocycles. The van der Waals surface area contributed by atoms with Crippen molar-refractivity contribution in [3.05, 3.63) is 58.4 Å². The van der Waals surface area contributed by atoms with Gasteiger partial charge in [0.25, 0.3) is 0 Å². The number of carbonyl (C=O) groups is 1. The van der Waals surface area contributed by atoms with Crippen molar-refractivity contribution in [1.29, 1.82) is 0 Å². The summed E-state index contributed by atoms with van der Waals surface area (Å²) < 4.78 is 56.8. The summed E-state index contributed by atoms with van der Waals surface area (Å²) >= 11 is 5.47. The number of alkyl halides is 3. The summed E-state index contributed by atoms with van der Waals surface area (Å²) in [4.78, 5) is 10.8. The molecule has 0 aliphatic heterocycles. The van der Waals surface area contributed by atoms with Gasteiger partial charge in [-0.25, -0.2) is 4.39 Å². The van der Waals surface area contributed by atoms with Crippen LogP contribution in [0.2, 0.25) is 5.02 Å². The van der Waals surface area contributed by atoms with Gasteiger partial charge in [0.1, 0.15) is 5.75 Å². The van der Waals surface area contributed by atoms with E-state index in [1.807, 2.05) is 0 Å². The number of hydrogen-bond acceptors (Lipinski definition) is 2. The standard InChI is InChI=1S/C14H7ClF4O2/c15-11-5-4-9(6-10(11)14(17,18)19)21-13-8(7-20)2-1-3-12(13)16/h1-7H. The highest BCUT2D eigenvalue weighted by Crippen LogP contribution is 2.38. The van der Waals surface area contributed by atoms with Crippen LogP contribution in [-0.4, -0.2) is 6.29 Å². The molecule has 0 saturated carbocycles. The predicted octanol–water partition coefficient (Wildman–Crippen LogP) is 5.10. The molecule has 0 aliphatic rings. The first-order chi connectivity index (χ1) is 9.82. The minimum atomic E-state index is -4.67. The molecule has 21 heavy (non-hydrogen) atoms. The van der Waals surface area contributed by atoms with Crippen LogP contribution in [0, 0.1) is 5.82 Å². The van der Waals surface area contributed by atoms with Crippen molar-refractivity contribution in [2.75, 3.05) is 0 Å². The van der Waals surface area contributed by atoms with Gasteiger partial charge in [-0.3, -0.25) is 4.79 Å². The van der Waals surface area contributed by atoms with Crippen molar-refractivity contribution in [3.8, 4) is 11.5 Å². The Hall–Kier alpha value is -2.08. The van der Waals surface area contributed by atoms with E-state index in [9.17, 15) is 22.4 Å². The SMILES string of the molecule is O=Cc1cccc(F)c1Oc1ccc(Cl)c(C(F)(F)F)c1. The number of para-hydroxylation sites is 1. The van der Waals surface area contributed by atoms with E-state index < -0.39 is 28.3 Å². The second-order valence-electron chi connectivity index (χ2n) is 4.02. The van der Waals surface area contributed by atoms with Crippen LogP contribution in [0.1, 0.15) is 15.9 Å². The molecule has 0 fully saturated rings. The first kappa shape index (κ1) is 15.3.